The highest BCUT2D eigenvalue weighted by Crippen LogP contribution is 1.99. The fraction of sp³-hybridized carbons (Fsp3) is 0.867. The van der Waals surface area contributed by atoms with Gasteiger partial charge in [0.1, 0.15) is 0 Å². The molecule has 134 valence electrons. The van der Waals surface area contributed by atoms with E-state index in [-0.39, 0.29) is 13.1 Å². The molecule has 1 heterocycles. The average Bonchev–Trinajstić information content (AvgIpc) is 2.46. The van der Waals surface area contributed by atoms with Gasteiger partial charge in [0.15, 0.2) is 0 Å². The smallest absolute Gasteiger partial charge is 0.317 e. The Hall–Kier alpha value is -1.22. The monoisotopic (exact) mass is 330 g/mol. The van der Waals surface area contributed by atoms with E-state index in [4.69, 9.17) is 10.2 Å². The van der Waals surface area contributed by atoms with Crippen LogP contribution in [0.3, 0.4) is 0 Å². The van der Waals surface area contributed by atoms with Crippen LogP contribution in [-0.2, 0) is 9.59 Å². The first-order valence-electron chi connectivity index (χ1n) is 8.12. The van der Waals surface area contributed by atoms with Crippen LogP contribution >= 0.6 is 0 Å². The summed E-state index contributed by atoms with van der Waals surface area (Å²) in [6, 6.07) is 0. The second-order valence-corrected chi connectivity index (χ2v) is 6.30. The minimum Gasteiger partial charge on any atom is -0.480 e. The average molecular weight is 330 g/mol. The van der Waals surface area contributed by atoms with Crippen molar-refractivity contribution < 1.29 is 19.8 Å². The van der Waals surface area contributed by atoms with E-state index in [0.717, 1.165) is 32.6 Å². The quantitative estimate of drug-likeness (QED) is 0.681. The molecule has 1 saturated heterocycles. The van der Waals surface area contributed by atoms with E-state index in [1.54, 1.807) is 0 Å². The van der Waals surface area contributed by atoms with Gasteiger partial charge in [0.05, 0.1) is 13.1 Å². The first-order valence-corrected chi connectivity index (χ1v) is 8.12. The number of hydrogen-bond donors (Lipinski definition) is 2. The Labute approximate surface area is 138 Å². The Kier molecular flexibility index (Phi) is 9.08. The first-order chi connectivity index (χ1) is 10.9. The summed E-state index contributed by atoms with van der Waals surface area (Å²) >= 11 is 0. The molecule has 0 amide bonds. The minimum absolute atomic E-state index is 0.00449. The maximum absolute atomic E-state index is 11.0. The Morgan fingerprint density at radius 1 is 0.696 bits per heavy atom. The van der Waals surface area contributed by atoms with E-state index in [9.17, 15) is 9.59 Å². The summed E-state index contributed by atoms with van der Waals surface area (Å²) in [6.45, 7) is 6.17. The summed E-state index contributed by atoms with van der Waals surface area (Å²) in [6.07, 6.45) is 0.909. The highest BCUT2D eigenvalue weighted by molar-refractivity contribution is 5.69. The summed E-state index contributed by atoms with van der Waals surface area (Å²) in [4.78, 5) is 30.2. The molecule has 1 aliphatic rings. The molecule has 0 radical (unpaired) electrons. The molecule has 1 rings (SSSR count). The number of carbonyl (C=O) groups is 2. The number of nitrogens with zero attached hydrogens (tertiary/aromatic N) is 4. The zero-order valence-corrected chi connectivity index (χ0v) is 14.3. The van der Waals surface area contributed by atoms with E-state index in [0.29, 0.717) is 26.2 Å². The van der Waals surface area contributed by atoms with Crippen LogP contribution in [-0.4, -0.2) is 121 Å². The number of aliphatic carboxylic acids is 2. The summed E-state index contributed by atoms with van der Waals surface area (Å²) in [5, 5.41) is 18.1. The van der Waals surface area contributed by atoms with Crippen molar-refractivity contribution in [3.63, 3.8) is 0 Å². The van der Waals surface area contributed by atoms with Crippen molar-refractivity contribution in [2.45, 2.75) is 6.42 Å². The fourth-order valence-electron chi connectivity index (χ4n) is 2.65. The lowest BCUT2D eigenvalue weighted by atomic mass is 10.3. The molecule has 0 spiro atoms. The van der Waals surface area contributed by atoms with E-state index < -0.39 is 11.9 Å². The topological polar surface area (TPSA) is 87.6 Å². The lowest BCUT2D eigenvalue weighted by Gasteiger charge is -2.26. The minimum atomic E-state index is -0.846. The number of hydrogen-bond acceptors (Lipinski definition) is 6. The molecular weight excluding hydrogens is 300 g/mol. The van der Waals surface area contributed by atoms with E-state index in [1.807, 2.05) is 16.8 Å². The van der Waals surface area contributed by atoms with Gasteiger partial charge < -0.3 is 20.0 Å². The van der Waals surface area contributed by atoms with Crippen molar-refractivity contribution in [1.82, 2.24) is 19.6 Å². The predicted molar refractivity (Wildman–Crippen MR) is 87.8 cm³/mol. The molecule has 0 aromatic heterocycles. The normalized spacial score (nSPS) is 22.0. The molecule has 8 nitrogen and oxygen atoms in total. The van der Waals surface area contributed by atoms with E-state index >= 15 is 0 Å². The third-order valence-corrected chi connectivity index (χ3v) is 4.13. The van der Waals surface area contributed by atoms with Gasteiger partial charge in [-0.15, -0.1) is 0 Å². The van der Waals surface area contributed by atoms with E-state index in [2.05, 4.69) is 16.8 Å². The molecule has 1 fully saturated rings. The maximum atomic E-state index is 11.0. The number of carboxylic acid groups (broad SMARTS) is 2. The molecule has 0 aliphatic carbocycles. The maximum Gasteiger partial charge on any atom is 0.317 e. The molecule has 0 atom stereocenters. The van der Waals surface area contributed by atoms with Gasteiger partial charge in [0.2, 0.25) is 0 Å². The van der Waals surface area contributed by atoms with Crippen LogP contribution < -0.4 is 0 Å². The van der Waals surface area contributed by atoms with Crippen LogP contribution in [0.2, 0.25) is 0 Å². The summed E-state index contributed by atoms with van der Waals surface area (Å²) < 4.78 is 0. The highest BCUT2D eigenvalue weighted by atomic mass is 16.4. The fourth-order valence-corrected chi connectivity index (χ4v) is 2.65. The van der Waals surface area contributed by atoms with Gasteiger partial charge in [0, 0.05) is 45.8 Å². The van der Waals surface area contributed by atoms with Crippen LogP contribution in [0.15, 0.2) is 0 Å². The number of rotatable bonds is 4. The van der Waals surface area contributed by atoms with Gasteiger partial charge in [-0.3, -0.25) is 19.4 Å². The van der Waals surface area contributed by atoms with Crippen molar-refractivity contribution in [3.8, 4) is 0 Å². The summed E-state index contributed by atoms with van der Waals surface area (Å²) in [5.41, 5.74) is 0. The molecule has 1 aliphatic heterocycles. The zero-order chi connectivity index (χ0) is 17.2. The molecular formula is C15H30N4O4. The summed E-state index contributed by atoms with van der Waals surface area (Å²) in [5.74, 6) is -1.69. The van der Waals surface area contributed by atoms with Gasteiger partial charge in [-0.05, 0) is 27.1 Å². The molecule has 0 saturated carbocycles. The van der Waals surface area contributed by atoms with Gasteiger partial charge in [-0.1, -0.05) is 0 Å². The van der Waals surface area contributed by atoms with Crippen LogP contribution in [0.5, 0.6) is 0 Å². The molecule has 8 heteroatoms. The number of carboxylic acids is 2. The Balaban J connectivity index is 2.67. The Morgan fingerprint density at radius 3 is 1.61 bits per heavy atom. The van der Waals surface area contributed by atoms with E-state index in [1.165, 1.54) is 0 Å². The van der Waals surface area contributed by atoms with Crippen LogP contribution in [0.25, 0.3) is 0 Å². The lowest BCUT2D eigenvalue weighted by molar-refractivity contribution is -0.140. The largest absolute Gasteiger partial charge is 0.480 e. The van der Waals surface area contributed by atoms with Crippen molar-refractivity contribution >= 4 is 11.9 Å². The lowest BCUT2D eigenvalue weighted by Crippen LogP contribution is -2.42. The van der Waals surface area contributed by atoms with Gasteiger partial charge in [0.25, 0.3) is 0 Å². The molecule has 0 unspecified atom stereocenters. The third-order valence-electron chi connectivity index (χ3n) is 4.13. The molecule has 0 aromatic carbocycles. The second kappa shape index (κ2) is 10.5. The highest BCUT2D eigenvalue weighted by Gasteiger charge is 2.16. The van der Waals surface area contributed by atoms with Gasteiger partial charge in [-0.25, -0.2) is 0 Å². The Morgan fingerprint density at radius 2 is 1.09 bits per heavy atom. The van der Waals surface area contributed by atoms with Crippen LogP contribution in [0, 0.1) is 0 Å². The zero-order valence-electron chi connectivity index (χ0n) is 14.3. The van der Waals surface area contributed by atoms with Crippen molar-refractivity contribution in [2.24, 2.45) is 0 Å². The van der Waals surface area contributed by atoms with Crippen molar-refractivity contribution in [3.05, 3.63) is 0 Å². The first kappa shape index (κ1) is 19.8. The molecule has 2 N–H and O–H groups in total. The SMILES string of the molecule is CN1CCCN(CC(=O)O)CCN(CC(=O)O)CCN(C)CC1. The van der Waals surface area contributed by atoms with Crippen molar-refractivity contribution in [2.75, 3.05) is 79.5 Å². The standard InChI is InChI=1S/C15H30N4O4/c1-16-4-3-5-18(12-14(20)21)10-11-19(13-15(22)23)9-8-17(2)7-6-16/h3-13H2,1-2H3,(H,20,21)(H,22,23). The second-order valence-electron chi connectivity index (χ2n) is 6.30. The molecule has 0 bridgehead atoms. The molecule has 23 heavy (non-hydrogen) atoms. The molecule has 0 aromatic rings. The van der Waals surface area contributed by atoms with Gasteiger partial charge in [-0.2, -0.15) is 0 Å². The Bertz CT molecular complexity index is 380. The van der Waals surface area contributed by atoms with Crippen LogP contribution in [0.1, 0.15) is 6.42 Å². The van der Waals surface area contributed by atoms with Gasteiger partial charge >= 0.3 is 11.9 Å². The van der Waals surface area contributed by atoms with Crippen molar-refractivity contribution in [1.29, 1.82) is 0 Å². The van der Waals surface area contributed by atoms with Crippen LogP contribution in [0.4, 0.5) is 0 Å². The summed E-state index contributed by atoms with van der Waals surface area (Å²) in [7, 11) is 4.12. The third kappa shape index (κ3) is 9.50. The number of likely N-dealkylation sites (N-methyl/N-ethyl adjacent to an activating group) is 2. The predicted octanol–water partition coefficient (Wildman–Crippen LogP) is -0.973.